The Balaban J connectivity index is 1.68. The second-order valence-electron chi connectivity index (χ2n) is 6.62. The first-order valence-corrected chi connectivity index (χ1v) is 10.3. The van der Waals surface area contributed by atoms with E-state index in [-0.39, 0.29) is 11.2 Å². The molecule has 0 spiro atoms. The van der Waals surface area contributed by atoms with Gasteiger partial charge in [0, 0.05) is 12.6 Å². The maximum absolute atomic E-state index is 12.3. The van der Waals surface area contributed by atoms with Gasteiger partial charge in [-0.2, -0.15) is 0 Å². The van der Waals surface area contributed by atoms with E-state index in [1.165, 1.54) is 24.6 Å². The average Bonchev–Trinajstić information content (AvgIpc) is 3.07. The van der Waals surface area contributed by atoms with Crippen LogP contribution >= 0.6 is 23.1 Å². The smallest absolute Gasteiger partial charge is 0.233 e. The molecule has 0 aromatic carbocycles. The van der Waals surface area contributed by atoms with E-state index >= 15 is 0 Å². The van der Waals surface area contributed by atoms with Gasteiger partial charge in [-0.05, 0) is 43.6 Å². The number of thiophene rings is 1. The first-order chi connectivity index (χ1) is 11.6. The van der Waals surface area contributed by atoms with Crippen LogP contribution in [-0.4, -0.2) is 32.5 Å². The molecule has 7 heteroatoms. The average molecular weight is 365 g/mol. The number of thioether (sulfide) groups is 1. The summed E-state index contributed by atoms with van der Waals surface area (Å²) in [6.07, 6.45) is 3.34. The highest BCUT2D eigenvalue weighted by atomic mass is 32.2. The molecule has 1 atom stereocenters. The third kappa shape index (κ3) is 4.19. The lowest BCUT2D eigenvalue weighted by Gasteiger charge is -2.13. The Labute approximate surface area is 151 Å². The molecular formula is C17H24N4OS2. The van der Waals surface area contributed by atoms with E-state index in [0.717, 1.165) is 28.8 Å². The highest BCUT2D eigenvalue weighted by molar-refractivity contribution is 8.00. The summed E-state index contributed by atoms with van der Waals surface area (Å²) >= 11 is 3.18. The molecule has 0 aliphatic heterocycles. The molecule has 130 valence electrons. The van der Waals surface area contributed by atoms with Crippen LogP contribution in [0.4, 0.5) is 0 Å². The van der Waals surface area contributed by atoms with Crippen LogP contribution in [0.5, 0.6) is 0 Å². The van der Waals surface area contributed by atoms with E-state index in [1.807, 2.05) is 13.0 Å². The van der Waals surface area contributed by atoms with Gasteiger partial charge < -0.3 is 5.32 Å². The van der Waals surface area contributed by atoms with Crippen molar-refractivity contribution in [2.45, 2.75) is 56.5 Å². The normalized spacial score (nSPS) is 15.7. The van der Waals surface area contributed by atoms with Crippen LogP contribution in [0.3, 0.4) is 0 Å². The van der Waals surface area contributed by atoms with Gasteiger partial charge in [0.1, 0.15) is 0 Å². The molecule has 2 aromatic rings. The summed E-state index contributed by atoms with van der Waals surface area (Å²) in [5, 5.41) is 14.5. The zero-order valence-electron chi connectivity index (χ0n) is 14.4. The van der Waals surface area contributed by atoms with Crippen LogP contribution < -0.4 is 5.32 Å². The fourth-order valence-corrected chi connectivity index (χ4v) is 4.08. The van der Waals surface area contributed by atoms with Crippen molar-refractivity contribution in [1.82, 2.24) is 20.1 Å². The molecule has 2 heterocycles. The number of hydrogen-bond donors (Lipinski definition) is 1. The minimum atomic E-state index is -0.171. The molecule has 1 unspecified atom stereocenters. The van der Waals surface area contributed by atoms with Gasteiger partial charge in [-0.15, -0.1) is 21.5 Å². The predicted octanol–water partition coefficient (Wildman–Crippen LogP) is 3.98. The van der Waals surface area contributed by atoms with Gasteiger partial charge in [-0.3, -0.25) is 9.36 Å². The Morgan fingerprint density at radius 3 is 2.83 bits per heavy atom. The minimum absolute atomic E-state index is 0.0728. The van der Waals surface area contributed by atoms with Crippen molar-refractivity contribution in [2.24, 2.45) is 5.92 Å². The summed E-state index contributed by atoms with van der Waals surface area (Å²) in [5.41, 5.74) is 0. The summed E-state index contributed by atoms with van der Waals surface area (Å²) in [7, 11) is 0. The Kier molecular flexibility index (Phi) is 5.61. The van der Waals surface area contributed by atoms with E-state index < -0.39 is 0 Å². The van der Waals surface area contributed by atoms with E-state index in [4.69, 9.17) is 0 Å². The molecule has 1 aliphatic carbocycles. The molecule has 0 saturated heterocycles. The number of carbonyl (C=O) groups excluding carboxylic acids is 1. The van der Waals surface area contributed by atoms with Gasteiger partial charge in [-0.1, -0.05) is 31.7 Å². The third-order valence-electron chi connectivity index (χ3n) is 3.99. The molecule has 2 aromatic heterocycles. The molecule has 1 fully saturated rings. The largest absolute Gasteiger partial charge is 0.355 e. The number of aromatic nitrogens is 3. The fourth-order valence-electron chi connectivity index (χ4n) is 2.43. The zero-order valence-corrected chi connectivity index (χ0v) is 16.0. The van der Waals surface area contributed by atoms with Gasteiger partial charge in [0.2, 0.25) is 5.91 Å². The lowest BCUT2D eigenvalue weighted by atomic mass is 10.1. The van der Waals surface area contributed by atoms with Crippen LogP contribution in [0.25, 0.3) is 10.7 Å². The predicted molar refractivity (Wildman–Crippen MR) is 99.4 cm³/mol. The number of hydrogen-bond acceptors (Lipinski definition) is 5. The van der Waals surface area contributed by atoms with E-state index in [9.17, 15) is 4.79 Å². The van der Waals surface area contributed by atoms with Crippen molar-refractivity contribution in [3.8, 4) is 10.7 Å². The Hall–Kier alpha value is -1.34. The molecule has 1 N–H and O–H groups in total. The molecule has 0 bridgehead atoms. The topological polar surface area (TPSA) is 59.8 Å². The Morgan fingerprint density at radius 2 is 2.21 bits per heavy atom. The summed E-state index contributed by atoms with van der Waals surface area (Å²) < 4.78 is 2.22. The number of carbonyl (C=O) groups is 1. The van der Waals surface area contributed by atoms with Crippen molar-refractivity contribution >= 4 is 29.0 Å². The second kappa shape index (κ2) is 7.70. The third-order valence-corrected chi connectivity index (χ3v) is 5.91. The lowest BCUT2D eigenvalue weighted by Crippen LogP contribution is -2.32. The molecule has 1 aliphatic rings. The molecule has 24 heavy (non-hydrogen) atoms. The van der Waals surface area contributed by atoms with Crippen molar-refractivity contribution in [3.63, 3.8) is 0 Å². The summed E-state index contributed by atoms with van der Waals surface area (Å²) in [4.78, 5) is 13.4. The maximum atomic E-state index is 12.3. The van der Waals surface area contributed by atoms with Crippen LogP contribution in [0.2, 0.25) is 0 Å². The van der Waals surface area contributed by atoms with Crippen molar-refractivity contribution in [2.75, 3.05) is 6.54 Å². The molecule has 1 saturated carbocycles. The molecule has 3 rings (SSSR count). The number of rotatable bonds is 8. The summed E-state index contributed by atoms with van der Waals surface area (Å²) in [6.45, 7) is 6.99. The van der Waals surface area contributed by atoms with Gasteiger partial charge in [0.15, 0.2) is 11.0 Å². The number of amides is 1. The van der Waals surface area contributed by atoms with Crippen LogP contribution in [0, 0.1) is 5.92 Å². The highest BCUT2D eigenvalue weighted by Gasteiger charge is 2.31. The van der Waals surface area contributed by atoms with Gasteiger partial charge in [0.05, 0.1) is 10.1 Å². The van der Waals surface area contributed by atoms with Gasteiger partial charge in [-0.25, -0.2) is 0 Å². The van der Waals surface area contributed by atoms with Gasteiger partial charge >= 0.3 is 0 Å². The van der Waals surface area contributed by atoms with Crippen molar-refractivity contribution < 1.29 is 4.79 Å². The van der Waals surface area contributed by atoms with Crippen molar-refractivity contribution in [1.29, 1.82) is 0 Å². The van der Waals surface area contributed by atoms with Crippen LogP contribution in [0.1, 0.15) is 46.1 Å². The lowest BCUT2D eigenvalue weighted by molar-refractivity contribution is -0.120. The summed E-state index contributed by atoms with van der Waals surface area (Å²) in [5.74, 6) is 1.60. The summed E-state index contributed by atoms with van der Waals surface area (Å²) in [6, 6.07) is 4.59. The first kappa shape index (κ1) is 17.5. The number of nitrogens with zero attached hydrogens (tertiary/aromatic N) is 3. The van der Waals surface area contributed by atoms with Crippen LogP contribution in [-0.2, 0) is 4.79 Å². The van der Waals surface area contributed by atoms with Crippen molar-refractivity contribution in [3.05, 3.63) is 17.5 Å². The Morgan fingerprint density at radius 1 is 1.42 bits per heavy atom. The highest BCUT2D eigenvalue weighted by Crippen LogP contribution is 2.42. The Bertz CT molecular complexity index is 677. The van der Waals surface area contributed by atoms with E-state index in [1.54, 1.807) is 11.3 Å². The zero-order chi connectivity index (χ0) is 17.1. The molecule has 1 amide bonds. The quantitative estimate of drug-likeness (QED) is 0.720. The standard InChI is InChI=1S/C17H24N4OS2/c1-11(2)8-9-18-16(22)12(3)24-17-20-19-15(14-5-4-10-23-14)21(17)13-6-7-13/h4-5,10-13H,6-9H2,1-3H3,(H,18,22). The monoisotopic (exact) mass is 364 g/mol. The van der Waals surface area contributed by atoms with E-state index in [0.29, 0.717) is 12.0 Å². The second-order valence-corrected chi connectivity index (χ2v) is 8.87. The molecule has 0 radical (unpaired) electrons. The fraction of sp³-hybridized carbons (Fsp3) is 0.588. The van der Waals surface area contributed by atoms with Crippen LogP contribution in [0.15, 0.2) is 22.7 Å². The maximum Gasteiger partial charge on any atom is 0.233 e. The minimum Gasteiger partial charge on any atom is -0.355 e. The molecular weight excluding hydrogens is 340 g/mol. The van der Waals surface area contributed by atoms with E-state index in [2.05, 4.69) is 45.4 Å². The SMILES string of the molecule is CC(C)CCNC(=O)C(C)Sc1nnc(-c2cccs2)n1C1CC1. The number of nitrogens with one attached hydrogen (secondary N) is 1. The molecule has 5 nitrogen and oxygen atoms in total. The van der Waals surface area contributed by atoms with Gasteiger partial charge in [0.25, 0.3) is 0 Å². The first-order valence-electron chi connectivity index (χ1n) is 8.49.